The Labute approximate surface area is 447 Å². The number of benzene rings is 1. The standard InChI is InChI=1S/C49H77N7O20S/c1-44(2,3)73-40(60)52-27-20-19-26(22-50-77(68,69)31-18-16-15-17-30(31)56(66)67)71-35(27)32-28(53-41(61)74-45(4,5)6)21-29(51-39(59)49(65)23-55(24-49)43(63)76-47(10,11)12)36(33(32)57)72-38-34(58)37(48(13,64)25-70-38)54(14)42(62)75-46(7,8)9/h15-19,27-29,32-38,50,57-58,64-65H,20-25H2,1-14H3,(H,51,59)(H,52,60)(H,53,61)/t27-,28+,29-,32?,33+,34-,35+,36+,37-,38-,48+/m1/s1. The van der Waals surface area contributed by atoms with Gasteiger partial charge in [-0.1, -0.05) is 12.1 Å². The maximum atomic E-state index is 14.3. The van der Waals surface area contributed by atoms with Crippen molar-refractivity contribution in [2.45, 2.75) is 196 Å². The van der Waals surface area contributed by atoms with Crippen molar-refractivity contribution in [3.05, 3.63) is 46.2 Å². The van der Waals surface area contributed by atoms with E-state index in [4.69, 9.17) is 33.2 Å². The molecule has 434 valence electrons. The number of likely N-dealkylation sites (tertiary alicyclic amines) is 1. The number of aliphatic hydroxyl groups is 4. The third-order valence-corrected chi connectivity index (χ3v) is 13.9. The second-order valence-electron chi connectivity index (χ2n) is 24.0. The summed E-state index contributed by atoms with van der Waals surface area (Å²) in [6.07, 6.45) is -11.9. The van der Waals surface area contributed by atoms with Crippen molar-refractivity contribution >= 4 is 46.0 Å². The maximum Gasteiger partial charge on any atom is 0.410 e. The van der Waals surface area contributed by atoms with Crippen LogP contribution in [0.25, 0.3) is 0 Å². The molecular weight excluding hydrogens is 1040 g/mol. The van der Waals surface area contributed by atoms with Gasteiger partial charge < -0.3 is 79.3 Å². The van der Waals surface area contributed by atoms with Crippen LogP contribution in [0.5, 0.6) is 0 Å². The molecule has 2 saturated heterocycles. The number of hydrogen-bond acceptors (Lipinski definition) is 20. The van der Waals surface area contributed by atoms with Crippen LogP contribution >= 0.6 is 0 Å². The van der Waals surface area contributed by atoms with E-state index in [0.29, 0.717) is 0 Å². The monoisotopic (exact) mass is 1120 g/mol. The highest BCUT2D eigenvalue weighted by Crippen LogP contribution is 2.40. The molecule has 28 heteroatoms. The topological polar surface area (TPSA) is 363 Å². The number of ether oxygens (including phenoxy) is 7. The van der Waals surface area contributed by atoms with Crippen LogP contribution in [0.2, 0.25) is 0 Å². The Morgan fingerprint density at radius 2 is 1.36 bits per heavy atom. The molecule has 11 atom stereocenters. The van der Waals surface area contributed by atoms with E-state index in [-0.39, 0.29) is 12.2 Å². The number of carbonyl (C=O) groups excluding carboxylic acids is 5. The molecular formula is C49H77N7O20S. The number of para-hydroxylation sites is 1. The number of nitrogens with one attached hydrogen (secondary N) is 4. The number of amides is 5. The van der Waals surface area contributed by atoms with Crippen LogP contribution < -0.4 is 20.7 Å². The number of nitro benzene ring substituents is 1. The van der Waals surface area contributed by atoms with Gasteiger partial charge in [0.15, 0.2) is 16.8 Å². The SMILES string of the molecule is CN(C(=O)OC(C)(C)C)[C@@H]1[C@@H](O)[C@@H](O[C@H]2[C@H](NC(=O)C3(O)CN(C(=O)OC(C)(C)C)C3)C[C@H](NC(=O)OC(C)(C)C)C([C@H]3OC(CNS(=O)(=O)c4ccccc4[N+](=O)[O-])=CC[C@H]3NC(=O)OC(C)(C)C)[C@@H]2O)OC[C@]1(C)O. The molecule has 3 heterocycles. The van der Waals surface area contributed by atoms with Gasteiger partial charge in [-0.2, -0.15) is 0 Å². The second kappa shape index (κ2) is 23.0. The zero-order valence-corrected chi connectivity index (χ0v) is 46.8. The zero-order chi connectivity index (χ0) is 58.2. The fourth-order valence-electron chi connectivity index (χ4n) is 9.26. The molecule has 4 aliphatic rings. The average Bonchev–Trinajstić information content (AvgIpc) is 3.24. The van der Waals surface area contributed by atoms with Gasteiger partial charge in [-0.15, -0.1) is 0 Å². The van der Waals surface area contributed by atoms with Gasteiger partial charge >= 0.3 is 24.4 Å². The summed E-state index contributed by atoms with van der Waals surface area (Å²) in [4.78, 5) is 80.3. The molecule has 0 radical (unpaired) electrons. The van der Waals surface area contributed by atoms with E-state index in [1.807, 2.05) is 0 Å². The first-order chi connectivity index (χ1) is 35.1. The molecule has 1 aromatic rings. The number of carbonyl (C=O) groups is 5. The van der Waals surface area contributed by atoms with Crippen molar-refractivity contribution in [3.63, 3.8) is 0 Å². The summed E-state index contributed by atoms with van der Waals surface area (Å²) in [5.74, 6) is -2.67. The van der Waals surface area contributed by atoms with Crippen LogP contribution in [-0.2, 0) is 48.0 Å². The van der Waals surface area contributed by atoms with Crippen molar-refractivity contribution in [2.24, 2.45) is 5.92 Å². The number of β-amino-alcohol motifs (C(OH)–C–C–N with tert-alkyl or cyclic N) is 1. The average molecular weight is 1120 g/mol. The predicted molar refractivity (Wildman–Crippen MR) is 270 cm³/mol. The number of sulfonamides is 1. The Morgan fingerprint density at radius 1 is 0.818 bits per heavy atom. The van der Waals surface area contributed by atoms with Crippen LogP contribution in [0.15, 0.2) is 41.0 Å². The Bertz CT molecular complexity index is 2490. The molecule has 27 nitrogen and oxygen atoms in total. The van der Waals surface area contributed by atoms with E-state index in [2.05, 4.69) is 20.7 Å². The highest BCUT2D eigenvalue weighted by Gasteiger charge is 2.58. The first kappa shape index (κ1) is 62.2. The van der Waals surface area contributed by atoms with Gasteiger partial charge in [0.05, 0.1) is 55.4 Å². The minimum atomic E-state index is -4.62. The fourth-order valence-corrected chi connectivity index (χ4v) is 10.4. The van der Waals surface area contributed by atoms with E-state index in [1.165, 1.54) is 32.2 Å². The third-order valence-electron chi connectivity index (χ3n) is 12.4. The van der Waals surface area contributed by atoms with E-state index >= 15 is 0 Å². The number of nitro groups is 1. The van der Waals surface area contributed by atoms with Crippen molar-refractivity contribution in [1.82, 2.24) is 30.5 Å². The molecule has 1 aromatic carbocycles. The molecule has 0 bridgehead atoms. The second-order valence-corrected chi connectivity index (χ2v) is 25.7. The Hall–Kier alpha value is -5.62. The summed E-state index contributed by atoms with van der Waals surface area (Å²) in [7, 11) is -3.35. The highest BCUT2D eigenvalue weighted by atomic mass is 32.2. The predicted octanol–water partition coefficient (Wildman–Crippen LogP) is 2.27. The summed E-state index contributed by atoms with van der Waals surface area (Å²) < 4.78 is 70.5. The highest BCUT2D eigenvalue weighted by molar-refractivity contribution is 7.89. The van der Waals surface area contributed by atoms with Crippen molar-refractivity contribution < 1.29 is 90.9 Å². The number of alkyl carbamates (subject to hydrolysis) is 2. The largest absolute Gasteiger partial charge is 0.491 e. The molecule has 5 rings (SSSR count). The Balaban J connectivity index is 1.61. The molecule has 1 unspecified atom stereocenters. The van der Waals surface area contributed by atoms with Gasteiger partial charge in [0.1, 0.15) is 52.1 Å². The van der Waals surface area contributed by atoms with Crippen LogP contribution in [0.1, 0.15) is 103 Å². The van der Waals surface area contributed by atoms with E-state index < -0.39 is 183 Å². The van der Waals surface area contributed by atoms with Crippen molar-refractivity contribution in [2.75, 3.05) is 33.3 Å². The summed E-state index contributed by atoms with van der Waals surface area (Å²) in [6.45, 7) is 18.3. The molecule has 1 aliphatic carbocycles. The van der Waals surface area contributed by atoms with Crippen LogP contribution in [0.3, 0.4) is 0 Å². The third kappa shape index (κ3) is 16.2. The molecule has 5 amide bonds. The number of hydrogen-bond donors (Lipinski definition) is 8. The van der Waals surface area contributed by atoms with E-state index in [1.54, 1.807) is 83.1 Å². The van der Waals surface area contributed by atoms with Gasteiger partial charge in [0.25, 0.3) is 11.6 Å². The van der Waals surface area contributed by atoms with E-state index in [9.17, 15) is 62.9 Å². The summed E-state index contributed by atoms with van der Waals surface area (Å²) in [6, 6.07) is -0.893. The van der Waals surface area contributed by atoms with Crippen molar-refractivity contribution in [3.8, 4) is 0 Å². The Kier molecular flexibility index (Phi) is 18.6. The normalized spacial score (nSPS) is 28.8. The molecule has 1 saturated carbocycles. The van der Waals surface area contributed by atoms with Crippen LogP contribution in [-0.4, -0.2) is 196 Å². The van der Waals surface area contributed by atoms with Crippen LogP contribution in [0, 0.1) is 16.0 Å². The lowest BCUT2D eigenvalue weighted by Gasteiger charge is -2.52. The van der Waals surface area contributed by atoms with Gasteiger partial charge in [0, 0.05) is 25.1 Å². The molecule has 3 aliphatic heterocycles. The summed E-state index contributed by atoms with van der Waals surface area (Å²) in [5.41, 5.74) is -8.94. The summed E-state index contributed by atoms with van der Waals surface area (Å²) >= 11 is 0. The minimum absolute atomic E-state index is 0.112. The molecule has 3 fully saturated rings. The number of likely N-dealkylation sites (N-methyl/N-ethyl adjacent to an activating group) is 1. The maximum absolute atomic E-state index is 14.3. The zero-order valence-electron chi connectivity index (χ0n) is 46.0. The van der Waals surface area contributed by atoms with Crippen LogP contribution in [0.4, 0.5) is 24.9 Å². The fraction of sp³-hybridized carbons (Fsp3) is 0.735. The van der Waals surface area contributed by atoms with Gasteiger partial charge in [-0.25, -0.2) is 32.3 Å². The first-order valence-electron chi connectivity index (χ1n) is 25.0. The molecule has 8 N–H and O–H groups in total. The molecule has 77 heavy (non-hydrogen) atoms. The van der Waals surface area contributed by atoms with Gasteiger partial charge in [0.2, 0.25) is 10.0 Å². The van der Waals surface area contributed by atoms with Gasteiger partial charge in [-0.3, -0.25) is 14.9 Å². The lowest BCUT2D eigenvalue weighted by molar-refractivity contribution is -0.387. The quantitative estimate of drug-likeness (QED) is 0.0798. The smallest absolute Gasteiger partial charge is 0.410 e. The molecule has 0 spiro atoms. The Morgan fingerprint density at radius 3 is 1.91 bits per heavy atom. The van der Waals surface area contributed by atoms with Gasteiger partial charge in [-0.05, 0) is 115 Å². The minimum Gasteiger partial charge on any atom is -0.491 e. The summed E-state index contributed by atoms with van der Waals surface area (Å²) in [5, 5.41) is 68.2. The number of rotatable bonds is 13. The van der Waals surface area contributed by atoms with E-state index in [0.717, 1.165) is 21.9 Å². The number of nitrogens with zero attached hydrogens (tertiary/aromatic N) is 3. The first-order valence-corrected chi connectivity index (χ1v) is 26.5. The lowest BCUT2D eigenvalue weighted by atomic mass is 9.72. The van der Waals surface area contributed by atoms with Crippen molar-refractivity contribution in [1.29, 1.82) is 0 Å². The lowest BCUT2D eigenvalue weighted by Crippen LogP contribution is -2.74. The molecule has 0 aromatic heterocycles. The number of aliphatic hydroxyl groups excluding tert-OH is 2.